The molecule has 3 saturated heterocycles. The molecule has 38 heavy (non-hydrogen) atoms. The summed E-state index contributed by atoms with van der Waals surface area (Å²) in [5, 5.41) is 11.4. The van der Waals surface area contributed by atoms with Crippen LogP contribution < -0.4 is 10.2 Å². The molecule has 3 fully saturated rings. The number of aromatic nitrogens is 2. The molecule has 10 heteroatoms. The number of amides is 1. The van der Waals surface area contributed by atoms with Crippen molar-refractivity contribution in [2.24, 2.45) is 0 Å². The van der Waals surface area contributed by atoms with E-state index in [1.54, 1.807) is 20.8 Å². The summed E-state index contributed by atoms with van der Waals surface area (Å²) in [4.78, 5) is 25.5. The summed E-state index contributed by atoms with van der Waals surface area (Å²) >= 11 is 0. The molecule has 1 amide bonds. The number of carbonyl (C=O) groups is 1. The Labute approximate surface area is 223 Å². The Balaban J connectivity index is 1.37. The number of likely N-dealkylation sites (tertiary alicyclic amines) is 1. The maximum absolute atomic E-state index is 15.5. The zero-order valence-electron chi connectivity index (χ0n) is 22.8. The first-order valence-electron chi connectivity index (χ1n) is 13.3. The van der Waals surface area contributed by atoms with Gasteiger partial charge in [-0.2, -0.15) is 0 Å². The van der Waals surface area contributed by atoms with Crippen molar-refractivity contribution in [3.63, 3.8) is 0 Å². The van der Waals surface area contributed by atoms with Crippen LogP contribution in [0.4, 0.5) is 26.5 Å². The van der Waals surface area contributed by atoms with Gasteiger partial charge in [-0.1, -0.05) is 0 Å². The summed E-state index contributed by atoms with van der Waals surface area (Å²) in [6, 6.07) is 6.10. The second-order valence-corrected chi connectivity index (χ2v) is 11.6. The lowest BCUT2D eigenvalue weighted by molar-refractivity contribution is 0.0111. The summed E-state index contributed by atoms with van der Waals surface area (Å²) in [7, 11) is 0. The lowest BCUT2D eigenvalue weighted by Crippen LogP contribution is -2.46. The van der Waals surface area contributed by atoms with Gasteiger partial charge in [0.15, 0.2) is 0 Å². The maximum Gasteiger partial charge on any atom is 0.410 e. The van der Waals surface area contributed by atoms with E-state index in [1.165, 1.54) is 11.1 Å². The van der Waals surface area contributed by atoms with Gasteiger partial charge in [-0.25, -0.2) is 19.2 Å². The molecule has 204 valence electrons. The van der Waals surface area contributed by atoms with Crippen LogP contribution in [0.15, 0.2) is 18.2 Å². The van der Waals surface area contributed by atoms with Gasteiger partial charge in [-0.3, -0.25) is 0 Å². The topological polar surface area (TPSA) is 104 Å². The van der Waals surface area contributed by atoms with Gasteiger partial charge in [0, 0.05) is 42.5 Å². The number of benzene rings is 1. The molecule has 5 rings (SSSR count). The minimum absolute atomic E-state index is 0.00965. The Morgan fingerprint density at radius 1 is 1.24 bits per heavy atom. The van der Waals surface area contributed by atoms with Gasteiger partial charge >= 0.3 is 6.09 Å². The SMILES string of the molecule is Cc1nc(Nc2cc(C3CCN(C(=O)OC(C)(C)C)CC3F)c(C)cc2C=N)cc(N2CC3CC2CO3)n1. The summed E-state index contributed by atoms with van der Waals surface area (Å²) in [5.74, 6) is 1.77. The van der Waals surface area contributed by atoms with Crippen molar-refractivity contribution in [1.29, 1.82) is 5.41 Å². The van der Waals surface area contributed by atoms with Crippen molar-refractivity contribution in [2.75, 3.05) is 36.5 Å². The Morgan fingerprint density at radius 2 is 2.03 bits per heavy atom. The van der Waals surface area contributed by atoms with E-state index in [0.717, 1.165) is 29.9 Å². The van der Waals surface area contributed by atoms with Gasteiger partial charge in [0.1, 0.15) is 29.2 Å². The van der Waals surface area contributed by atoms with Crippen molar-refractivity contribution in [2.45, 2.75) is 77.3 Å². The smallest absolute Gasteiger partial charge is 0.410 e. The van der Waals surface area contributed by atoms with E-state index in [4.69, 9.17) is 14.9 Å². The third kappa shape index (κ3) is 5.45. The van der Waals surface area contributed by atoms with E-state index in [9.17, 15) is 4.79 Å². The number of morpholine rings is 1. The minimum atomic E-state index is -1.23. The molecule has 0 spiro atoms. The minimum Gasteiger partial charge on any atom is -0.444 e. The number of nitrogens with zero attached hydrogens (tertiary/aromatic N) is 4. The summed E-state index contributed by atoms with van der Waals surface area (Å²) in [6.45, 7) is 11.2. The van der Waals surface area contributed by atoms with Crippen molar-refractivity contribution in [1.82, 2.24) is 14.9 Å². The molecule has 0 radical (unpaired) electrons. The number of carbonyl (C=O) groups excluding carboxylic acids is 1. The molecule has 1 aromatic carbocycles. The number of nitrogens with one attached hydrogen (secondary N) is 2. The molecule has 9 nitrogen and oxygen atoms in total. The Hall–Kier alpha value is -3.27. The molecule has 1 aromatic heterocycles. The molecule has 3 aliphatic rings. The van der Waals surface area contributed by atoms with Crippen LogP contribution in [0.2, 0.25) is 0 Å². The zero-order chi connectivity index (χ0) is 27.2. The van der Waals surface area contributed by atoms with Gasteiger partial charge in [0.25, 0.3) is 0 Å². The van der Waals surface area contributed by atoms with Crippen LogP contribution in [0.1, 0.15) is 62.0 Å². The molecule has 3 aliphatic heterocycles. The molecule has 4 heterocycles. The number of alkyl halides is 1. The number of fused-ring (bicyclic) bond motifs is 2. The molecule has 2 aromatic rings. The van der Waals surface area contributed by atoms with Gasteiger partial charge in [-0.05, 0) is 70.7 Å². The number of rotatable bonds is 5. The third-order valence-corrected chi connectivity index (χ3v) is 7.47. The maximum atomic E-state index is 15.5. The number of piperidine rings is 1. The normalized spacial score (nSPS) is 25.0. The number of anilines is 3. The van der Waals surface area contributed by atoms with Crippen LogP contribution in [0.5, 0.6) is 0 Å². The highest BCUT2D eigenvalue weighted by atomic mass is 19.1. The average Bonchev–Trinajstić information content (AvgIpc) is 3.48. The zero-order valence-corrected chi connectivity index (χ0v) is 22.8. The fourth-order valence-electron chi connectivity index (χ4n) is 5.70. The largest absolute Gasteiger partial charge is 0.444 e. The Morgan fingerprint density at radius 3 is 2.66 bits per heavy atom. The summed E-state index contributed by atoms with van der Waals surface area (Å²) in [5.41, 5.74) is 2.55. The Kier molecular flexibility index (Phi) is 7.02. The lowest BCUT2D eigenvalue weighted by Gasteiger charge is -2.36. The van der Waals surface area contributed by atoms with Crippen LogP contribution in [-0.4, -0.2) is 77.3 Å². The quantitative estimate of drug-likeness (QED) is 0.538. The van der Waals surface area contributed by atoms with Crippen molar-refractivity contribution in [3.8, 4) is 0 Å². The average molecular weight is 525 g/mol. The van der Waals surface area contributed by atoms with Crippen molar-refractivity contribution >= 4 is 29.6 Å². The molecule has 0 aliphatic carbocycles. The second kappa shape index (κ2) is 10.1. The monoisotopic (exact) mass is 524 g/mol. The Bertz CT molecular complexity index is 1230. The highest BCUT2D eigenvalue weighted by Crippen LogP contribution is 2.37. The predicted molar refractivity (Wildman–Crippen MR) is 145 cm³/mol. The van der Waals surface area contributed by atoms with Crippen LogP contribution in [0.25, 0.3) is 0 Å². The van der Waals surface area contributed by atoms with E-state index in [-0.39, 0.29) is 18.6 Å². The predicted octanol–water partition coefficient (Wildman–Crippen LogP) is 4.87. The van der Waals surface area contributed by atoms with Crippen LogP contribution >= 0.6 is 0 Å². The molecular weight excluding hydrogens is 487 g/mol. The first-order chi connectivity index (χ1) is 18.0. The van der Waals surface area contributed by atoms with Gasteiger partial charge in [0.2, 0.25) is 0 Å². The summed E-state index contributed by atoms with van der Waals surface area (Å²) in [6.07, 6.45) is 1.34. The molecule has 0 saturated carbocycles. The highest BCUT2D eigenvalue weighted by Gasteiger charge is 2.40. The van der Waals surface area contributed by atoms with Gasteiger partial charge in [0.05, 0.1) is 25.3 Å². The number of ether oxygens (including phenoxy) is 2. The first-order valence-corrected chi connectivity index (χ1v) is 13.3. The second-order valence-electron chi connectivity index (χ2n) is 11.6. The molecular formula is C28H37FN6O3. The molecule has 4 atom stereocenters. The number of halogens is 1. The fourth-order valence-corrected chi connectivity index (χ4v) is 5.70. The number of hydrogen-bond acceptors (Lipinski definition) is 8. The van der Waals surface area contributed by atoms with Crippen LogP contribution in [-0.2, 0) is 9.47 Å². The van der Waals surface area contributed by atoms with E-state index in [2.05, 4.69) is 20.2 Å². The van der Waals surface area contributed by atoms with Gasteiger partial charge in [-0.15, -0.1) is 0 Å². The van der Waals surface area contributed by atoms with Crippen LogP contribution in [0, 0.1) is 19.3 Å². The highest BCUT2D eigenvalue weighted by molar-refractivity contribution is 5.88. The van der Waals surface area contributed by atoms with Gasteiger partial charge < -0.3 is 30.0 Å². The van der Waals surface area contributed by atoms with Crippen LogP contribution in [0.3, 0.4) is 0 Å². The molecule has 2 bridgehead atoms. The van der Waals surface area contributed by atoms with E-state index >= 15 is 4.39 Å². The standard InChI is InChI=1S/C28H37FN6O3/c1-16-8-18(12-30)24(10-22(16)21-6-7-34(14-23(21)29)27(36)38-28(3,4)5)33-25-11-26(32-17(2)31-25)35-13-20-9-19(35)15-37-20/h8,10-12,19-21,23,30H,6-7,9,13-15H2,1-5H3,(H,31,32,33). The lowest BCUT2D eigenvalue weighted by atomic mass is 9.84. The number of hydrogen-bond donors (Lipinski definition) is 2. The van der Waals surface area contributed by atoms with Crippen molar-refractivity contribution in [3.05, 3.63) is 40.7 Å². The van der Waals surface area contributed by atoms with Crippen molar-refractivity contribution < 1.29 is 18.7 Å². The first kappa shape index (κ1) is 26.3. The van der Waals surface area contributed by atoms with E-state index in [0.29, 0.717) is 48.5 Å². The number of aryl methyl sites for hydroxylation is 2. The van der Waals surface area contributed by atoms with E-state index < -0.39 is 17.9 Å². The molecule has 2 N–H and O–H groups in total. The summed E-state index contributed by atoms with van der Waals surface area (Å²) < 4.78 is 26.7. The third-order valence-electron chi connectivity index (χ3n) is 7.47. The van der Waals surface area contributed by atoms with E-state index in [1.807, 2.05) is 32.0 Å². The molecule has 4 unspecified atom stereocenters. The fraction of sp³-hybridized carbons (Fsp3) is 0.571.